The Balaban J connectivity index is 1.12. The van der Waals surface area contributed by atoms with Gasteiger partial charge in [-0.15, -0.1) is 0 Å². The van der Waals surface area contributed by atoms with Crippen molar-refractivity contribution in [2.75, 3.05) is 40.3 Å². The SMILES string of the molecule is C=C1CCC23CN(C(=O)C45C=C4c4cc(OC)ccc4-c4c(C6CCCCC6)c6ccc(C(=O)P)cc6n4C5)CC24CN(C)CC34C1. The molecule has 3 aromatic rings. The second kappa shape index (κ2) is 9.27. The lowest BCUT2D eigenvalue weighted by atomic mass is 9.76. The summed E-state index contributed by atoms with van der Waals surface area (Å²) in [5.41, 5.74) is 9.28. The third-order valence-corrected chi connectivity index (χ3v) is 14.5. The third kappa shape index (κ3) is 3.40. The van der Waals surface area contributed by atoms with Crippen molar-refractivity contribution in [3.05, 3.63) is 71.3 Å². The summed E-state index contributed by atoms with van der Waals surface area (Å²) in [6.07, 6.45) is 11.8. The highest BCUT2D eigenvalue weighted by molar-refractivity contribution is 7.41. The fraction of sp³-hybridized carbons (Fsp3) is 0.500. The molecule has 3 spiro atoms. The van der Waals surface area contributed by atoms with Crippen molar-refractivity contribution in [3.63, 3.8) is 0 Å². The predicted octanol–water partition coefficient (Wildman–Crippen LogP) is 7.28. The number of allylic oxidation sites excluding steroid dienone is 1. The summed E-state index contributed by atoms with van der Waals surface area (Å²) in [4.78, 5) is 32.7. The molecule has 1 amide bonds. The van der Waals surface area contributed by atoms with Crippen LogP contribution in [-0.4, -0.2) is 66.1 Å². The third-order valence-electron chi connectivity index (χ3n) is 14.2. The highest BCUT2D eigenvalue weighted by Gasteiger charge is 2.91. The Bertz CT molecular complexity index is 2000. The standard InChI is InChI=1S/C40H44N3O3P/c1-24-13-14-38-22-42(23-40(38)21-41(2)20-39(38,40)17-24)36(45)37-18-31(37)30-16-27(46-3)10-12-28(30)34-33(25-7-5-4-6-8-25)29-11-9-26(35(44)47)15-32(29)43(34)19-37/h9-12,15-16,18,25H,1,4-8,13-14,17,19-23,47H2,2-3H3. The largest absolute Gasteiger partial charge is 0.497 e. The van der Waals surface area contributed by atoms with Gasteiger partial charge in [0.2, 0.25) is 5.91 Å². The van der Waals surface area contributed by atoms with Crippen LogP contribution in [0.2, 0.25) is 0 Å². The van der Waals surface area contributed by atoms with Crippen LogP contribution < -0.4 is 4.74 Å². The molecule has 2 saturated heterocycles. The molecule has 2 aromatic carbocycles. The van der Waals surface area contributed by atoms with Gasteiger partial charge >= 0.3 is 0 Å². The average molecular weight is 646 g/mol. The van der Waals surface area contributed by atoms with Crippen molar-refractivity contribution >= 4 is 37.1 Å². The van der Waals surface area contributed by atoms with Gasteiger partial charge in [0.25, 0.3) is 0 Å². The van der Waals surface area contributed by atoms with E-state index < -0.39 is 5.41 Å². The number of rotatable bonds is 4. The van der Waals surface area contributed by atoms with Gasteiger partial charge in [-0.25, -0.2) is 0 Å². The molecular formula is C40H44N3O3P. The molecule has 3 aliphatic heterocycles. The second-order valence-electron chi connectivity index (χ2n) is 16.2. The maximum Gasteiger partial charge on any atom is 0.238 e. The van der Waals surface area contributed by atoms with E-state index in [1.165, 1.54) is 66.3 Å². The first-order valence-corrected chi connectivity index (χ1v) is 18.3. The molecule has 0 bridgehead atoms. The molecule has 10 rings (SSSR count). The topological polar surface area (TPSA) is 54.8 Å². The van der Waals surface area contributed by atoms with Crippen molar-refractivity contribution in [1.29, 1.82) is 0 Å². The number of amides is 1. The number of hydrogen-bond acceptors (Lipinski definition) is 4. The molecule has 7 heteroatoms. The van der Waals surface area contributed by atoms with Gasteiger partial charge in [0.15, 0.2) is 5.52 Å². The summed E-state index contributed by atoms with van der Waals surface area (Å²) in [5, 5.41) is 1.23. The Labute approximate surface area is 279 Å². The zero-order valence-corrected chi connectivity index (χ0v) is 28.8. The Morgan fingerprint density at radius 3 is 2.51 bits per heavy atom. The number of carbonyl (C=O) groups excluding carboxylic acids is 2. The van der Waals surface area contributed by atoms with Crippen molar-refractivity contribution < 1.29 is 14.3 Å². The summed E-state index contributed by atoms with van der Waals surface area (Å²) in [7, 11) is 6.34. The molecule has 47 heavy (non-hydrogen) atoms. The number of nitrogens with zero attached hydrogens (tertiary/aromatic N) is 3. The van der Waals surface area contributed by atoms with Gasteiger partial charge < -0.3 is 19.1 Å². The zero-order chi connectivity index (χ0) is 32.1. The Morgan fingerprint density at radius 1 is 0.936 bits per heavy atom. The number of benzene rings is 2. The molecule has 5 unspecified atom stereocenters. The van der Waals surface area contributed by atoms with Crippen molar-refractivity contribution in [1.82, 2.24) is 14.4 Å². The minimum absolute atomic E-state index is 0.00793. The number of fused-ring (bicyclic) bond motifs is 7. The molecule has 1 aromatic heterocycles. The molecule has 4 heterocycles. The van der Waals surface area contributed by atoms with Crippen LogP contribution in [0.1, 0.15) is 78.8 Å². The molecule has 6 nitrogen and oxygen atoms in total. The van der Waals surface area contributed by atoms with Crippen LogP contribution in [0.25, 0.3) is 27.7 Å². The van der Waals surface area contributed by atoms with Gasteiger partial charge in [-0.3, -0.25) is 9.59 Å². The van der Waals surface area contributed by atoms with Gasteiger partial charge in [-0.1, -0.05) is 58.9 Å². The molecule has 5 fully saturated rings. The number of methoxy groups -OCH3 is 1. The number of likely N-dealkylation sites (tertiary alicyclic amines) is 2. The van der Waals surface area contributed by atoms with Gasteiger partial charge in [0, 0.05) is 71.0 Å². The first-order valence-electron chi connectivity index (χ1n) is 17.7. The van der Waals surface area contributed by atoms with Crippen LogP contribution in [0.3, 0.4) is 0 Å². The van der Waals surface area contributed by atoms with E-state index in [2.05, 4.69) is 73.6 Å². The first kappa shape index (κ1) is 28.8. The van der Waals surface area contributed by atoms with Crippen molar-refractivity contribution in [2.24, 2.45) is 21.7 Å². The summed E-state index contributed by atoms with van der Waals surface area (Å²) in [5.74, 6) is 1.54. The second-order valence-corrected chi connectivity index (χ2v) is 16.8. The molecule has 242 valence electrons. The zero-order valence-electron chi connectivity index (χ0n) is 27.7. The lowest BCUT2D eigenvalue weighted by Crippen LogP contribution is -2.44. The van der Waals surface area contributed by atoms with Gasteiger partial charge in [0.1, 0.15) is 11.2 Å². The van der Waals surface area contributed by atoms with Crippen LogP contribution in [0.5, 0.6) is 5.75 Å². The van der Waals surface area contributed by atoms with E-state index in [4.69, 9.17) is 4.74 Å². The maximum atomic E-state index is 15.2. The monoisotopic (exact) mass is 645 g/mol. The van der Waals surface area contributed by atoms with E-state index in [-0.39, 0.29) is 22.3 Å². The predicted molar refractivity (Wildman–Crippen MR) is 189 cm³/mol. The molecule has 5 atom stereocenters. The molecule has 0 radical (unpaired) electrons. The molecule has 0 N–H and O–H groups in total. The van der Waals surface area contributed by atoms with Gasteiger partial charge in [0.05, 0.1) is 12.8 Å². The average Bonchev–Trinajstić information content (AvgIpc) is 3.70. The van der Waals surface area contributed by atoms with Gasteiger partial charge in [-0.05, 0) is 86.0 Å². The summed E-state index contributed by atoms with van der Waals surface area (Å²) < 4.78 is 8.21. The van der Waals surface area contributed by atoms with E-state index >= 15 is 4.79 Å². The number of carbonyl (C=O) groups is 2. The summed E-state index contributed by atoms with van der Waals surface area (Å²) >= 11 is 0. The lowest BCUT2D eigenvalue weighted by molar-refractivity contribution is -0.136. The van der Waals surface area contributed by atoms with E-state index in [9.17, 15) is 4.79 Å². The summed E-state index contributed by atoms with van der Waals surface area (Å²) in [6, 6.07) is 12.7. The van der Waals surface area contributed by atoms with E-state index in [0.29, 0.717) is 23.4 Å². The lowest BCUT2D eigenvalue weighted by Gasteiger charge is -2.37. The Morgan fingerprint density at radius 2 is 1.72 bits per heavy atom. The normalized spacial score (nSPS) is 33.6. The van der Waals surface area contributed by atoms with Crippen LogP contribution >= 0.6 is 9.24 Å². The van der Waals surface area contributed by atoms with Crippen LogP contribution in [-0.2, 0) is 11.3 Å². The maximum absolute atomic E-state index is 15.2. The van der Waals surface area contributed by atoms with E-state index in [0.717, 1.165) is 61.4 Å². The molecule has 3 saturated carbocycles. The van der Waals surface area contributed by atoms with Crippen molar-refractivity contribution in [3.8, 4) is 17.0 Å². The molecule has 7 aliphatic rings. The highest BCUT2D eigenvalue weighted by Crippen LogP contribution is 2.89. The molecular weight excluding hydrogens is 601 g/mol. The fourth-order valence-electron chi connectivity index (χ4n) is 12.3. The molecule has 4 aliphatic carbocycles. The minimum atomic E-state index is -0.696. The number of ether oxygens (including phenoxy) is 1. The van der Waals surface area contributed by atoms with E-state index in [1.807, 2.05) is 6.07 Å². The minimum Gasteiger partial charge on any atom is -0.497 e. The van der Waals surface area contributed by atoms with Crippen LogP contribution in [0.4, 0.5) is 0 Å². The number of aromatic nitrogens is 1. The van der Waals surface area contributed by atoms with E-state index in [1.54, 1.807) is 7.11 Å². The first-order chi connectivity index (χ1) is 22.7. The number of piperidine rings is 2. The quantitative estimate of drug-likeness (QED) is 0.221. The van der Waals surface area contributed by atoms with Crippen LogP contribution in [0, 0.1) is 21.7 Å². The Hall–Kier alpha value is -3.21. The fourth-order valence-corrected chi connectivity index (χ4v) is 12.4. The summed E-state index contributed by atoms with van der Waals surface area (Å²) in [6.45, 7) is 8.96. The Kier molecular flexibility index (Phi) is 5.67. The van der Waals surface area contributed by atoms with Gasteiger partial charge in [-0.2, -0.15) is 0 Å². The highest BCUT2D eigenvalue weighted by atomic mass is 31.0. The van der Waals surface area contributed by atoms with Crippen molar-refractivity contribution in [2.45, 2.75) is 63.8 Å². The number of hydrogen-bond donors (Lipinski definition) is 0. The van der Waals surface area contributed by atoms with Crippen LogP contribution in [0.15, 0.2) is 54.6 Å². The smallest absolute Gasteiger partial charge is 0.238 e.